The normalized spacial score (nSPS) is 15.7. The van der Waals surface area contributed by atoms with Crippen LogP contribution < -0.4 is 5.32 Å². The van der Waals surface area contributed by atoms with Gasteiger partial charge in [0.1, 0.15) is 9.84 Å². The maximum Gasteiger partial charge on any atom is 0.309 e. The highest BCUT2D eigenvalue weighted by atomic mass is 32.2. The molecule has 6 heteroatoms. The molecule has 2 atom stereocenters. The molecule has 0 aliphatic rings. The highest BCUT2D eigenvalue weighted by molar-refractivity contribution is 7.90. The van der Waals surface area contributed by atoms with E-state index in [9.17, 15) is 13.2 Å². The van der Waals surface area contributed by atoms with Gasteiger partial charge in [0.2, 0.25) is 0 Å². The molecule has 0 spiro atoms. The molecule has 0 aromatic heterocycles. The van der Waals surface area contributed by atoms with Crippen molar-refractivity contribution in [3.05, 3.63) is 0 Å². The summed E-state index contributed by atoms with van der Waals surface area (Å²) in [6.45, 7) is 3.92. The first kappa shape index (κ1) is 14.4. The van der Waals surface area contributed by atoms with Crippen LogP contribution in [0.5, 0.6) is 0 Å². The standard InChI is InChI=1S/C9H19NO4S/c1-7(9(11)14-3)5-10-8(2)6-15(4,12)13/h7-8,10H,5-6H2,1-4H3. The number of hydrogen-bond donors (Lipinski definition) is 1. The number of carbonyl (C=O) groups excluding carboxylic acids is 1. The van der Waals surface area contributed by atoms with Gasteiger partial charge in [-0.3, -0.25) is 4.79 Å². The molecule has 0 heterocycles. The van der Waals surface area contributed by atoms with Crippen LogP contribution in [0.3, 0.4) is 0 Å². The van der Waals surface area contributed by atoms with Crippen molar-refractivity contribution in [1.82, 2.24) is 5.32 Å². The Morgan fingerprint density at radius 2 is 1.93 bits per heavy atom. The fraction of sp³-hybridized carbons (Fsp3) is 0.889. The smallest absolute Gasteiger partial charge is 0.309 e. The average Bonchev–Trinajstić information content (AvgIpc) is 2.10. The number of esters is 1. The van der Waals surface area contributed by atoms with Crippen molar-refractivity contribution in [2.75, 3.05) is 25.7 Å². The summed E-state index contributed by atoms with van der Waals surface area (Å²) in [4.78, 5) is 11.0. The summed E-state index contributed by atoms with van der Waals surface area (Å²) in [7, 11) is -1.64. The zero-order valence-electron chi connectivity index (χ0n) is 9.61. The second-order valence-corrected chi connectivity index (χ2v) is 6.01. The molecule has 0 aromatic rings. The van der Waals surface area contributed by atoms with Gasteiger partial charge in [-0.15, -0.1) is 0 Å². The quantitative estimate of drug-likeness (QED) is 0.649. The molecule has 0 amide bonds. The fourth-order valence-corrected chi connectivity index (χ4v) is 2.20. The lowest BCUT2D eigenvalue weighted by Crippen LogP contribution is -2.37. The van der Waals surface area contributed by atoms with E-state index in [2.05, 4.69) is 10.1 Å². The summed E-state index contributed by atoms with van der Waals surface area (Å²) in [5, 5.41) is 2.97. The molecular formula is C9H19NO4S. The molecule has 0 fully saturated rings. The lowest BCUT2D eigenvalue weighted by atomic mass is 10.2. The van der Waals surface area contributed by atoms with Gasteiger partial charge in [0.05, 0.1) is 18.8 Å². The van der Waals surface area contributed by atoms with E-state index in [-0.39, 0.29) is 23.7 Å². The topological polar surface area (TPSA) is 72.5 Å². The van der Waals surface area contributed by atoms with Crippen LogP contribution in [-0.2, 0) is 19.4 Å². The van der Waals surface area contributed by atoms with Gasteiger partial charge >= 0.3 is 5.97 Å². The zero-order chi connectivity index (χ0) is 12.1. The van der Waals surface area contributed by atoms with Gasteiger partial charge in [-0.05, 0) is 6.92 Å². The number of sulfone groups is 1. The van der Waals surface area contributed by atoms with Gasteiger partial charge < -0.3 is 10.1 Å². The van der Waals surface area contributed by atoms with Crippen LogP contribution in [0.15, 0.2) is 0 Å². The zero-order valence-corrected chi connectivity index (χ0v) is 10.4. The van der Waals surface area contributed by atoms with Crippen LogP contribution in [0.25, 0.3) is 0 Å². The molecule has 0 saturated heterocycles. The molecule has 15 heavy (non-hydrogen) atoms. The highest BCUT2D eigenvalue weighted by Gasteiger charge is 2.15. The Morgan fingerprint density at radius 1 is 1.40 bits per heavy atom. The first-order valence-corrected chi connectivity index (χ1v) is 6.81. The van der Waals surface area contributed by atoms with Crippen LogP contribution in [0, 0.1) is 5.92 Å². The summed E-state index contributed by atoms with van der Waals surface area (Å²) in [6.07, 6.45) is 1.19. The Labute approximate surface area is 91.1 Å². The molecule has 0 aromatic carbocycles. The van der Waals surface area contributed by atoms with Crippen molar-refractivity contribution in [3.63, 3.8) is 0 Å². The average molecular weight is 237 g/mol. The molecule has 0 bridgehead atoms. The Bertz CT molecular complexity index is 299. The molecule has 90 valence electrons. The SMILES string of the molecule is COC(=O)C(C)CNC(C)CS(C)(=O)=O. The predicted octanol–water partition coefficient (Wildman–Crippen LogP) is -0.182. The Hall–Kier alpha value is -0.620. The summed E-state index contributed by atoms with van der Waals surface area (Å²) in [6, 6.07) is -0.160. The first-order chi connectivity index (χ1) is 6.76. The molecule has 0 radical (unpaired) electrons. The van der Waals surface area contributed by atoms with E-state index in [1.807, 2.05) is 0 Å². The van der Waals surface area contributed by atoms with Crippen molar-refractivity contribution in [3.8, 4) is 0 Å². The molecular weight excluding hydrogens is 218 g/mol. The second-order valence-electron chi connectivity index (χ2n) is 3.83. The van der Waals surface area contributed by atoms with Gasteiger partial charge in [0.25, 0.3) is 0 Å². The molecule has 2 unspecified atom stereocenters. The third-order valence-electron chi connectivity index (χ3n) is 1.93. The molecule has 1 N–H and O–H groups in total. The number of rotatable bonds is 6. The fourth-order valence-electron chi connectivity index (χ4n) is 1.18. The second kappa shape index (κ2) is 6.07. The monoisotopic (exact) mass is 237 g/mol. The molecule has 5 nitrogen and oxygen atoms in total. The first-order valence-electron chi connectivity index (χ1n) is 4.75. The van der Waals surface area contributed by atoms with Gasteiger partial charge in [-0.2, -0.15) is 0 Å². The minimum Gasteiger partial charge on any atom is -0.469 e. The lowest BCUT2D eigenvalue weighted by molar-refractivity contribution is -0.144. The maximum atomic E-state index is 11.0. The molecule has 0 saturated carbocycles. The lowest BCUT2D eigenvalue weighted by Gasteiger charge is -2.15. The van der Waals surface area contributed by atoms with Crippen LogP contribution >= 0.6 is 0 Å². The van der Waals surface area contributed by atoms with E-state index >= 15 is 0 Å². The van der Waals surface area contributed by atoms with E-state index in [0.717, 1.165) is 0 Å². The van der Waals surface area contributed by atoms with E-state index in [1.165, 1.54) is 13.4 Å². The van der Waals surface area contributed by atoms with Crippen molar-refractivity contribution in [2.24, 2.45) is 5.92 Å². The van der Waals surface area contributed by atoms with Crippen molar-refractivity contribution < 1.29 is 17.9 Å². The summed E-state index contributed by atoms with van der Waals surface area (Å²) < 4.78 is 26.4. The van der Waals surface area contributed by atoms with E-state index in [0.29, 0.717) is 6.54 Å². The number of ether oxygens (including phenoxy) is 1. The third kappa shape index (κ3) is 7.33. The summed E-state index contributed by atoms with van der Waals surface area (Å²) in [5.74, 6) is -0.493. The van der Waals surface area contributed by atoms with Crippen molar-refractivity contribution in [2.45, 2.75) is 19.9 Å². The van der Waals surface area contributed by atoms with Crippen LogP contribution in [-0.4, -0.2) is 46.1 Å². The van der Waals surface area contributed by atoms with Crippen LogP contribution in [0.4, 0.5) is 0 Å². The van der Waals surface area contributed by atoms with Gasteiger partial charge in [-0.1, -0.05) is 6.92 Å². The number of nitrogens with one attached hydrogen (secondary N) is 1. The predicted molar refractivity (Wildman–Crippen MR) is 58.4 cm³/mol. The minimum atomic E-state index is -2.98. The summed E-state index contributed by atoms with van der Waals surface area (Å²) in [5.41, 5.74) is 0. The van der Waals surface area contributed by atoms with Gasteiger partial charge in [0, 0.05) is 18.8 Å². The van der Waals surface area contributed by atoms with Gasteiger partial charge in [0.15, 0.2) is 0 Å². The summed E-state index contributed by atoms with van der Waals surface area (Å²) >= 11 is 0. The van der Waals surface area contributed by atoms with Gasteiger partial charge in [-0.25, -0.2) is 8.42 Å². The maximum absolute atomic E-state index is 11.0. The van der Waals surface area contributed by atoms with E-state index < -0.39 is 9.84 Å². The number of methoxy groups -OCH3 is 1. The Kier molecular flexibility index (Phi) is 5.82. The van der Waals surface area contributed by atoms with Crippen LogP contribution in [0.2, 0.25) is 0 Å². The molecule has 0 aliphatic carbocycles. The van der Waals surface area contributed by atoms with Crippen molar-refractivity contribution in [1.29, 1.82) is 0 Å². The highest BCUT2D eigenvalue weighted by Crippen LogP contribution is 1.97. The molecule has 0 rings (SSSR count). The third-order valence-corrected chi connectivity index (χ3v) is 3.03. The van der Waals surface area contributed by atoms with Crippen LogP contribution in [0.1, 0.15) is 13.8 Å². The largest absolute Gasteiger partial charge is 0.469 e. The Morgan fingerprint density at radius 3 is 2.33 bits per heavy atom. The number of carbonyl (C=O) groups is 1. The Balaban J connectivity index is 3.91. The minimum absolute atomic E-state index is 0.0703. The van der Waals surface area contributed by atoms with Crippen molar-refractivity contribution >= 4 is 15.8 Å². The molecule has 0 aliphatic heterocycles. The van der Waals surface area contributed by atoms with E-state index in [4.69, 9.17) is 0 Å². The van der Waals surface area contributed by atoms with E-state index in [1.54, 1.807) is 13.8 Å². The number of hydrogen-bond acceptors (Lipinski definition) is 5.